The van der Waals surface area contributed by atoms with E-state index in [2.05, 4.69) is 0 Å². The minimum Gasteiger partial charge on any atom is -0.481 e. The van der Waals surface area contributed by atoms with Crippen LogP contribution in [0.2, 0.25) is 0 Å². The summed E-state index contributed by atoms with van der Waals surface area (Å²) in [5, 5.41) is 17.6. The third kappa shape index (κ3) is 2.92. The van der Waals surface area contributed by atoms with E-state index in [4.69, 9.17) is 10.2 Å². The molecule has 0 aliphatic carbocycles. The van der Waals surface area contributed by atoms with Crippen LogP contribution in [0, 0.1) is 5.92 Å². The Bertz CT molecular complexity index is 254. The van der Waals surface area contributed by atoms with Crippen molar-refractivity contribution in [3.63, 3.8) is 0 Å². The standard InChI is InChI=1S/C10H17NO4/c1-2-8(4-10(14)15)11-5-7(6-12)3-9(11)13/h7-8,12H,2-6H2,1H3,(H,14,15). The maximum atomic E-state index is 11.5. The molecule has 0 aromatic carbocycles. The van der Waals surface area contributed by atoms with Crippen LogP contribution >= 0.6 is 0 Å². The van der Waals surface area contributed by atoms with Crippen LogP contribution in [0.15, 0.2) is 0 Å². The zero-order valence-corrected chi connectivity index (χ0v) is 8.85. The summed E-state index contributed by atoms with van der Waals surface area (Å²) in [7, 11) is 0. The number of likely N-dealkylation sites (tertiary alicyclic amines) is 1. The Morgan fingerprint density at radius 2 is 2.33 bits per heavy atom. The van der Waals surface area contributed by atoms with E-state index in [1.807, 2.05) is 6.92 Å². The number of carbonyl (C=O) groups is 2. The predicted molar refractivity (Wildman–Crippen MR) is 53.2 cm³/mol. The predicted octanol–water partition coefficient (Wildman–Crippen LogP) is 0.0805. The van der Waals surface area contributed by atoms with Crippen molar-refractivity contribution in [1.82, 2.24) is 4.90 Å². The molecule has 1 rings (SSSR count). The molecule has 2 unspecified atom stereocenters. The van der Waals surface area contributed by atoms with Gasteiger partial charge in [-0.25, -0.2) is 0 Å². The Morgan fingerprint density at radius 3 is 2.73 bits per heavy atom. The maximum Gasteiger partial charge on any atom is 0.305 e. The second-order valence-corrected chi connectivity index (χ2v) is 3.96. The van der Waals surface area contributed by atoms with Crippen molar-refractivity contribution in [2.75, 3.05) is 13.2 Å². The molecule has 0 aromatic heterocycles. The topological polar surface area (TPSA) is 77.8 Å². The molecule has 15 heavy (non-hydrogen) atoms. The van der Waals surface area contributed by atoms with Crippen molar-refractivity contribution in [3.05, 3.63) is 0 Å². The van der Waals surface area contributed by atoms with Crippen molar-refractivity contribution in [3.8, 4) is 0 Å². The van der Waals surface area contributed by atoms with E-state index in [1.54, 1.807) is 4.90 Å². The van der Waals surface area contributed by atoms with Gasteiger partial charge in [0.1, 0.15) is 0 Å². The summed E-state index contributed by atoms with van der Waals surface area (Å²) in [5.74, 6) is -0.954. The molecule has 0 bridgehead atoms. The number of carbonyl (C=O) groups excluding carboxylic acids is 1. The van der Waals surface area contributed by atoms with Gasteiger partial charge in [-0.15, -0.1) is 0 Å². The highest BCUT2D eigenvalue weighted by molar-refractivity contribution is 5.79. The molecule has 1 heterocycles. The van der Waals surface area contributed by atoms with Gasteiger partial charge in [0.2, 0.25) is 5.91 Å². The molecule has 5 nitrogen and oxygen atoms in total. The molecule has 2 N–H and O–H groups in total. The average molecular weight is 215 g/mol. The normalized spacial score (nSPS) is 23.2. The third-order valence-corrected chi connectivity index (χ3v) is 2.82. The number of nitrogens with zero attached hydrogens (tertiary/aromatic N) is 1. The van der Waals surface area contributed by atoms with Gasteiger partial charge < -0.3 is 15.1 Å². The number of aliphatic hydroxyl groups is 1. The first-order valence-electron chi connectivity index (χ1n) is 5.20. The first-order valence-corrected chi connectivity index (χ1v) is 5.20. The second-order valence-electron chi connectivity index (χ2n) is 3.96. The smallest absolute Gasteiger partial charge is 0.305 e. The summed E-state index contributed by atoms with van der Waals surface area (Å²) in [5.41, 5.74) is 0. The van der Waals surface area contributed by atoms with E-state index in [1.165, 1.54) is 0 Å². The van der Waals surface area contributed by atoms with Gasteiger partial charge in [-0.05, 0) is 6.42 Å². The Balaban J connectivity index is 2.60. The van der Waals surface area contributed by atoms with Crippen LogP contribution in [-0.4, -0.2) is 46.2 Å². The molecule has 2 atom stereocenters. The van der Waals surface area contributed by atoms with Gasteiger partial charge in [0.15, 0.2) is 0 Å². The Labute approximate surface area is 88.7 Å². The molecular weight excluding hydrogens is 198 g/mol. The maximum absolute atomic E-state index is 11.5. The fourth-order valence-electron chi connectivity index (χ4n) is 1.96. The fraction of sp³-hybridized carbons (Fsp3) is 0.800. The van der Waals surface area contributed by atoms with Gasteiger partial charge in [0.05, 0.1) is 6.42 Å². The molecule has 0 aromatic rings. The number of hydrogen-bond acceptors (Lipinski definition) is 3. The number of rotatable bonds is 5. The zero-order valence-electron chi connectivity index (χ0n) is 8.85. The Hall–Kier alpha value is -1.10. The SMILES string of the molecule is CCC(CC(=O)O)N1CC(CO)CC1=O. The number of aliphatic carboxylic acids is 1. The lowest BCUT2D eigenvalue weighted by molar-refractivity contribution is -0.139. The molecule has 86 valence electrons. The summed E-state index contributed by atoms with van der Waals surface area (Å²) >= 11 is 0. The van der Waals surface area contributed by atoms with Gasteiger partial charge in [-0.2, -0.15) is 0 Å². The lowest BCUT2D eigenvalue weighted by Gasteiger charge is -2.25. The minimum absolute atomic E-state index is 0.00819. The fourth-order valence-corrected chi connectivity index (χ4v) is 1.96. The van der Waals surface area contributed by atoms with E-state index in [-0.39, 0.29) is 30.9 Å². The number of carboxylic acids is 1. The Kier molecular flexibility index (Phi) is 4.08. The average Bonchev–Trinajstić information content (AvgIpc) is 2.56. The highest BCUT2D eigenvalue weighted by Gasteiger charge is 2.33. The molecule has 1 fully saturated rings. The van der Waals surface area contributed by atoms with Crippen LogP contribution in [0.5, 0.6) is 0 Å². The van der Waals surface area contributed by atoms with Crippen molar-refractivity contribution < 1.29 is 19.8 Å². The molecule has 1 saturated heterocycles. The number of carboxylic acid groups (broad SMARTS) is 1. The summed E-state index contributed by atoms with van der Waals surface area (Å²) in [6, 6.07) is -0.230. The van der Waals surface area contributed by atoms with Gasteiger partial charge >= 0.3 is 5.97 Å². The van der Waals surface area contributed by atoms with E-state index in [0.29, 0.717) is 19.4 Å². The zero-order chi connectivity index (χ0) is 11.4. The van der Waals surface area contributed by atoms with Gasteiger partial charge in [0.25, 0.3) is 0 Å². The van der Waals surface area contributed by atoms with Crippen LogP contribution in [0.25, 0.3) is 0 Å². The van der Waals surface area contributed by atoms with Gasteiger partial charge in [-0.1, -0.05) is 6.92 Å². The van der Waals surface area contributed by atoms with Crippen molar-refractivity contribution in [2.24, 2.45) is 5.92 Å². The number of aliphatic hydroxyl groups excluding tert-OH is 1. The van der Waals surface area contributed by atoms with Crippen molar-refractivity contribution in [2.45, 2.75) is 32.2 Å². The molecule has 1 aliphatic rings. The van der Waals surface area contributed by atoms with Crippen LogP contribution in [0.4, 0.5) is 0 Å². The molecule has 1 amide bonds. The molecule has 0 radical (unpaired) electrons. The highest BCUT2D eigenvalue weighted by atomic mass is 16.4. The molecule has 0 saturated carbocycles. The molecular formula is C10H17NO4. The van der Waals surface area contributed by atoms with Crippen LogP contribution in [0.3, 0.4) is 0 Å². The molecule has 5 heteroatoms. The van der Waals surface area contributed by atoms with E-state index in [0.717, 1.165) is 0 Å². The van der Waals surface area contributed by atoms with Crippen LogP contribution in [-0.2, 0) is 9.59 Å². The molecule has 0 spiro atoms. The largest absolute Gasteiger partial charge is 0.481 e. The number of amides is 1. The lowest BCUT2D eigenvalue weighted by Crippen LogP contribution is -2.37. The first-order chi connectivity index (χ1) is 7.08. The minimum atomic E-state index is -0.887. The highest BCUT2D eigenvalue weighted by Crippen LogP contribution is 2.22. The van der Waals surface area contributed by atoms with E-state index < -0.39 is 5.97 Å². The summed E-state index contributed by atoms with van der Waals surface area (Å²) in [6.45, 7) is 2.35. The monoisotopic (exact) mass is 215 g/mol. The van der Waals surface area contributed by atoms with Crippen molar-refractivity contribution >= 4 is 11.9 Å². The third-order valence-electron chi connectivity index (χ3n) is 2.82. The Morgan fingerprint density at radius 1 is 1.67 bits per heavy atom. The summed E-state index contributed by atoms with van der Waals surface area (Å²) in [6.07, 6.45) is 0.962. The van der Waals surface area contributed by atoms with E-state index in [9.17, 15) is 9.59 Å². The lowest BCUT2D eigenvalue weighted by atomic mass is 10.1. The van der Waals surface area contributed by atoms with Crippen LogP contribution < -0.4 is 0 Å². The van der Waals surface area contributed by atoms with Crippen LogP contribution in [0.1, 0.15) is 26.2 Å². The summed E-state index contributed by atoms with van der Waals surface area (Å²) in [4.78, 5) is 23.7. The van der Waals surface area contributed by atoms with E-state index >= 15 is 0 Å². The molecule has 1 aliphatic heterocycles. The number of hydrogen-bond donors (Lipinski definition) is 2. The van der Waals surface area contributed by atoms with Crippen molar-refractivity contribution in [1.29, 1.82) is 0 Å². The van der Waals surface area contributed by atoms with Gasteiger partial charge in [0, 0.05) is 31.5 Å². The first kappa shape index (κ1) is 12.0. The second kappa shape index (κ2) is 5.11. The van der Waals surface area contributed by atoms with Gasteiger partial charge in [-0.3, -0.25) is 9.59 Å². The summed E-state index contributed by atoms with van der Waals surface area (Å²) < 4.78 is 0. The quantitative estimate of drug-likeness (QED) is 0.681.